The van der Waals surface area contributed by atoms with Gasteiger partial charge in [0.15, 0.2) is 0 Å². The molecule has 0 saturated carbocycles. The number of nitriles is 1. The summed E-state index contributed by atoms with van der Waals surface area (Å²) in [6, 6.07) is 11.9. The molecule has 9 heteroatoms. The average molecular weight is 441 g/mol. The van der Waals surface area contributed by atoms with Crippen molar-refractivity contribution in [1.82, 2.24) is 15.0 Å². The number of methoxy groups -OCH3 is 2. The Bertz CT molecular complexity index is 1260. The summed E-state index contributed by atoms with van der Waals surface area (Å²) in [5, 5.41) is 17.1. The Morgan fingerprint density at radius 2 is 1.65 bits per heavy atom. The summed E-state index contributed by atoms with van der Waals surface area (Å²) in [4.78, 5) is 0.139. The maximum absolute atomic E-state index is 13.2. The van der Waals surface area contributed by atoms with Crippen LogP contribution in [-0.4, -0.2) is 37.6 Å². The molecule has 0 amide bonds. The third-order valence-electron chi connectivity index (χ3n) is 4.99. The molecule has 0 aliphatic heterocycles. The maximum atomic E-state index is 13.2. The number of ether oxygens (including phenoxy) is 2. The molecule has 0 saturated heterocycles. The number of benzene rings is 2. The van der Waals surface area contributed by atoms with Crippen molar-refractivity contribution in [2.24, 2.45) is 0 Å². The SMILES string of the molecule is COc1cc(-n2nnc(S(=O)(=O)c3ccc(C(C)(C)C)cc3)c2C)c(OC)cc1C#N. The van der Waals surface area contributed by atoms with Gasteiger partial charge in [-0.1, -0.05) is 38.1 Å². The third-order valence-corrected chi connectivity index (χ3v) is 6.77. The Hall–Kier alpha value is -3.38. The minimum atomic E-state index is -3.89. The van der Waals surface area contributed by atoms with Gasteiger partial charge in [0.25, 0.3) is 0 Å². The van der Waals surface area contributed by atoms with E-state index in [2.05, 4.69) is 31.1 Å². The fourth-order valence-corrected chi connectivity index (χ4v) is 4.51. The zero-order valence-corrected chi connectivity index (χ0v) is 19.1. The second-order valence-corrected chi connectivity index (χ2v) is 9.87. The molecule has 3 aromatic rings. The summed E-state index contributed by atoms with van der Waals surface area (Å²) in [7, 11) is -0.992. The van der Waals surface area contributed by atoms with Gasteiger partial charge in [-0.15, -0.1) is 5.10 Å². The van der Waals surface area contributed by atoms with E-state index in [-0.39, 0.29) is 20.9 Å². The molecule has 0 aliphatic rings. The number of rotatable bonds is 5. The Morgan fingerprint density at radius 3 is 2.16 bits per heavy atom. The van der Waals surface area contributed by atoms with Gasteiger partial charge in [0.2, 0.25) is 14.9 Å². The monoisotopic (exact) mass is 440 g/mol. The lowest BCUT2D eigenvalue weighted by Gasteiger charge is -2.19. The first-order valence-corrected chi connectivity index (χ1v) is 11.0. The van der Waals surface area contributed by atoms with Crippen LogP contribution in [0.15, 0.2) is 46.3 Å². The molecule has 31 heavy (non-hydrogen) atoms. The Kier molecular flexibility index (Phi) is 5.79. The summed E-state index contributed by atoms with van der Waals surface area (Å²) in [5.74, 6) is 0.652. The Labute approximate surface area is 182 Å². The van der Waals surface area contributed by atoms with Gasteiger partial charge in [-0.05, 0) is 30.0 Å². The minimum absolute atomic E-state index is 0.0907. The lowest BCUT2D eigenvalue weighted by atomic mass is 9.87. The molecule has 0 N–H and O–H groups in total. The quantitative estimate of drug-likeness (QED) is 0.596. The van der Waals surface area contributed by atoms with Gasteiger partial charge in [0.05, 0.1) is 30.4 Å². The molecule has 3 rings (SSSR count). The van der Waals surface area contributed by atoms with Crippen LogP contribution in [0.1, 0.15) is 37.6 Å². The molecule has 2 aromatic carbocycles. The van der Waals surface area contributed by atoms with Crippen molar-refractivity contribution in [2.45, 2.75) is 43.0 Å². The highest BCUT2D eigenvalue weighted by molar-refractivity contribution is 7.91. The lowest BCUT2D eigenvalue weighted by molar-refractivity contribution is 0.399. The van der Waals surface area contributed by atoms with Crippen molar-refractivity contribution >= 4 is 9.84 Å². The molecule has 0 radical (unpaired) electrons. The topological polar surface area (TPSA) is 107 Å². The van der Waals surface area contributed by atoms with Gasteiger partial charge in [-0.25, -0.2) is 13.1 Å². The summed E-state index contributed by atoms with van der Waals surface area (Å²) < 4.78 is 38.4. The van der Waals surface area contributed by atoms with Crippen LogP contribution in [0, 0.1) is 18.3 Å². The molecule has 162 valence electrons. The molecule has 0 unspecified atom stereocenters. The van der Waals surface area contributed by atoms with E-state index in [1.807, 2.05) is 6.07 Å². The van der Waals surface area contributed by atoms with E-state index in [1.165, 1.54) is 25.0 Å². The number of sulfone groups is 1. The molecular formula is C22H24N4O4S. The predicted octanol–water partition coefficient (Wildman–Crippen LogP) is 3.59. The van der Waals surface area contributed by atoms with E-state index in [9.17, 15) is 13.7 Å². The van der Waals surface area contributed by atoms with Crippen molar-refractivity contribution in [1.29, 1.82) is 5.26 Å². The van der Waals surface area contributed by atoms with Crippen molar-refractivity contribution in [2.75, 3.05) is 14.2 Å². The summed E-state index contributed by atoms with van der Waals surface area (Å²) in [6.45, 7) is 7.79. The summed E-state index contributed by atoms with van der Waals surface area (Å²) in [5.41, 5.74) is 1.94. The number of nitrogens with zero attached hydrogens (tertiary/aromatic N) is 4. The smallest absolute Gasteiger partial charge is 0.227 e. The molecule has 0 aliphatic carbocycles. The number of aromatic nitrogens is 3. The largest absolute Gasteiger partial charge is 0.495 e. The summed E-state index contributed by atoms with van der Waals surface area (Å²) in [6.07, 6.45) is 0. The first-order valence-electron chi connectivity index (χ1n) is 9.49. The molecule has 1 aromatic heterocycles. The van der Waals surface area contributed by atoms with Crippen molar-refractivity contribution in [3.05, 3.63) is 53.2 Å². The van der Waals surface area contributed by atoms with Crippen LogP contribution in [0.25, 0.3) is 5.69 Å². The predicted molar refractivity (Wildman–Crippen MR) is 115 cm³/mol. The molecular weight excluding hydrogens is 416 g/mol. The Morgan fingerprint density at radius 1 is 1.03 bits per heavy atom. The minimum Gasteiger partial charge on any atom is -0.495 e. The van der Waals surface area contributed by atoms with Crippen LogP contribution < -0.4 is 9.47 Å². The molecule has 1 heterocycles. The standard InChI is InChI=1S/C22H24N4O4S/c1-14-21(31(27,28)17-9-7-16(8-10-17)22(2,3)4)24-25-26(14)18-12-19(29-5)15(13-23)11-20(18)30-6/h7-12H,1-6H3. The third kappa shape index (κ3) is 3.99. The normalized spacial score (nSPS) is 11.8. The zero-order chi connectivity index (χ0) is 23.0. The van der Waals surface area contributed by atoms with E-state index in [1.54, 1.807) is 37.3 Å². The molecule has 0 spiro atoms. The summed E-state index contributed by atoms with van der Waals surface area (Å²) >= 11 is 0. The second kappa shape index (κ2) is 8.04. The second-order valence-electron chi connectivity index (χ2n) is 8.01. The van der Waals surface area contributed by atoms with E-state index < -0.39 is 9.84 Å². The fraction of sp³-hybridized carbons (Fsp3) is 0.318. The van der Waals surface area contributed by atoms with Crippen molar-refractivity contribution in [3.63, 3.8) is 0 Å². The van der Waals surface area contributed by atoms with Gasteiger partial charge in [-0.3, -0.25) is 0 Å². The van der Waals surface area contributed by atoms with Crippen LogP contribution in [-0.2, 0) is 15.3 Å². The lowest BCUT2D eigenvalue weighted by Crippen LogP contribution is -2.12. The first kappa shape index (κ1) is 22.3. The van der Waals surface area contributed by atoms with Crippen molar-refractivity contribution < 1.29 is 17.9 Å². The highest BCUT2D eigenvalue weighted by atomic mass is 32.2. The van der Waals surface area contributed by atoms with Gasteiger partial charge < -0.3 is 9.47 Å². The van der Waals surface area contributed by atoms with Crippen LogP contribution >= 0.6 is 0 Å². The molecule has 0 bridgehead atoms. The van der Waals surface area contributed by atoms with Gasteiger partial charge >= 0.3 is 0 Å². The average Bonchev–Trinajstić information content (AvgIpc) is 3.14. The first-order chi connectivity index (χ1) is 14.5. The van der Waals surface area contributed by atoms with E-state index in [0.717, 1.165) is 5.56 Å². The van der Waals surface area contributed by atoms with Crippen LogP contribution in [0.5, 0.6) is 11.5 Å². The molecule has 0 atom stereocenters. The zero-order valence-electron chi connectivity index (χ0n) is 18.3. The molecule has 0 fully saturated rings. The van der Waals surface area contributed by atoms with E-state index in [4.69, 9.17) is 9.47 Å². The number of hydrogen-bond donors (Lipinski definition) is 0. The molecule has 8 nitrogen and oxygen atoms in total. The van der Waals surface area contributed by atoms with Gasteiger partial charge in [0.1, 0.15) is 23.3 Å². The Balaban J connectivity index is 2.11. The van der Waals surface area contributed by atoms with E-state index >= 15 is 0 Å². The van der Waals surface area contributed by atoms with E-state index in [0.29, 0.717) is 22.9 Å². The highest BCUT2D eigenvalue weighted by Gasteiger charge is 2.27. The van der Waals surface area contributed by atoms with Gasteiger partial charge in [-0.2, -0.15) is 5.26 Å². The van der Waals surface area contributed by atoms with Gasteiger partial charge in [0, 0.05) is 12.1 Å². The highest BCUT2D eigenvalue weighted by Crippen LogP contribution is 2.33. The van der Waals surface area contributed by atoms with Crippen LogP contribution in [0.3, 0.4) is 0 Å². The fourth-order valence-electron chi connectivity index (χ4n) is 3.17. The number of hydrogen-bond acceptors (Lipinski definition) is 7. The van der Waals surface area contributed by atoms with Crippen molar-refractivity contribution in [3.8, 4) is 23.3 Å². The van der Waals surface area contributed by atoms with Crippen LogP contribution in [0.2, 0.25) is 0 Å². The maximum Gasteiger partial charge on any atom is 0.227 e. The van der Waals surface area contributed by atoms with Crippen LogP contribution in [0.4, 0.5) is 0 Å².